The van der Waals surface area contributed by atoms with Crippen molar-refractivity contribution in [2.75, 3.05) is 12.0 Å². The van der Waals surface area contributed by atoms with Gasteiger partial charge in [0.1, 0.15) is 5.82 Å². The molecule has 1 heterocycles. The van der Waals surface area contributed by atoms with Gasteiger partial charge in [0.15, 0.2) is 0 Å². The number of aromatic nitrogens is 1. The summed E-state index contributed by atoms with van der Waals surface area (Å²) in [6.45, 7) is 3.64. The molecule has 10 heavy (non-hydrogen) atoms. The minimum absolute atomic E-state index is 0.736. The summed E-state index contributed by atoms with van der Waals surface area (Å²) in [6.07, 6.45) is 3.72. The highest BCUT2D eigenvalue weighted by Gasteiger charge is 1.98. The number of nitrogens with zero attached hydrogens (tertiary/aromatic N) is 1. The molecule has 0 atom stereocenters. The van der Waals surface area contributed by atoms with Gasteiger partial charge in [0.05, 0.1) is 5.03 Å². The third kappa shape index (κ3) is 1.04. The van der Waals surface area contributed by atoms with E-state index in [-0.39, 0.29) is 0 Å². The van der Waals surface area contributed by atoms with Crippen LogP contribution in [0.15, 0.2) is 23.7 Å². The number of rotatable bonds is 2. The first-order valence-corrected chi connectivity index (χ1v) is 4.15. The van der Waals surface area contributed by atoms with Crippen LogP contribution in [0.2, 0.25) is 0 Å². The second-order valence-corrected chi connectivity index (χ2v) is 2.68. The number of nitrogen functional groups attached to an aromatic ring is 1. The van der Waals surface area contributed by atoms with Crippen molar-refractivity contribution in [1.82, 2.24) is 4.57 Å². The van der Waals surface area contributed by atoms with Crippen molar-refractivity contribution in [3.63, 3.8) is 0 Å². The molecule has 0 spiro atoms. The van der Waals surface area contributed by atoms with Crippen LogP contribution < -0.4 is 5.73 Å². The summed E-state index contributed by atoms with van der Waals surface area (Å²) in [5.74, 6) is 0.736. The molecule has 0 amide bonds. The minimum atomic E-state index is 0.736. The van der Waals surface area contributed by atoms with Gasteiger partial charge in [-0.2, -0.15) is 0 Å². The second-order valence-electron chi connectivity index (χ2n) is 1.85. The van der Waals surface area contributed by atoms with Gasteiger partial charge in [-0.1, -0.05) is 6.58 Å². The Morgan fingerprint density at radius 1 is 1.70 bits per heavy atom. The Kier molecular flexibility index (Phi) is 2.06. The molecule has 0 saturated carbocycles. The summed E-state index contributed by atoms with van der Waals surface area (Å²) in [5.41, 5.74) is 5.61. The maximum Gasteiger partial charge on any atom is 0.108 e. The summed E-state index contributed by atoms with van der Waals surface area (Å²) in [5, 5.41) is 1.12. The van der Waals surface area contributed by atoms with Crippen molar-refractivity contribution >= 4 is 23.8 Å². The van der Waals surface area contributed by atoms with E-state index in [1.807, 2.05) is 23.0 Å². The van der Waals surface area contributed by atoms with E-state index in [2.05, 4.69) is 6.58 Å². The van der Waals surface area contributed by atoms with Crippen LogP contribution >= 0.6 is 11.8 Å². The highest BCUT2D eigenvalue weighted by Crippen LogP contribution is 2.20. The topological polar surface area (TPSA) is 30.9 Å². The number of anilines is 1. The van der Waals surface area contributed by atoms with Crippen LogP contribution in [-0.2, 0) is 0 Å². The normalized spacial score (nSPS) is 9.70. The fraction of sp³-hybridized carbons (Fsp3) is 0.143. The lowest BCUT2D eigenvalue weighted by molar-refractivity contribution is 1.04. The second kappa shape index (κ2) is 2.84. The predicted octanol–water partition coefficient (Wildman–Crippen LogP) is 1.89. The Morgan fingerprint density at radius 3 is 2.80 bits per heavy atom. The largest absolute Gasteiger partial charge is 0.385 e. The predicted molar refractivity (Wildman–Crippen MR) is 47.0 cm³/mol. The smallest absolute Gasteiger partial charge is 0.108 e. The van der Waals surface area contributed by atoms with Crippen LogP contribution in [0.5, 0.6) is 0 Å². The summed E-state index contributed by atoms with van der Waals surface area (Å²) in [4.78, 5) is 0. The number of hydrogen-bond acceptors (Lipinski definition) is 2. The van der Waals surface area contributed by atoms with E-state index in [9.17, 15) is 0 Å². The molecule has 2 nitrogen and oxygen atoms in total. The molecule has 1 aromatic heterocycles. The summed E-state index contributed by atoms with van der Waals surface area (Å²) < 4.78 is 1.85. The lowest BCUT2D eigenvalue weighted by Gasteiger charge is -2.00. The summed E-state index contributed by atoms with van der Waals surface area (Å²) >= 11 is 1.65. The maximum atomic E-state index is 5.61. The molecule has 0 saturated heterocycles. The zero-order valence-electron chi connectivity index (χ0n) is 5.87. The average Bonchev–Trinajstić information content (AvgIpc) is 2.30. The van der Waals surface area contributed by atoms with E-state index in [0.717, 1.165) is 10.8 Å². The molecule has 1 aromatic rings. The van der Waals surface area contributed by atoms with E-state index < -0.39 is 0 Å². The van der Waals surface area contributed by atoms with Crippen molar-refractivity contribution in [2.45, 2.75) is 5.03 Å². The van der Waals surface area contributed by atoms with Crippen molar-refractivity contribution in [3.8, 4) is 0 Å². The highest BCUT2D eigenvalue weighted by atomic mass is 32.2. The van der Waals surface area contributed by atoms with Crippen molar-refractivity contribution in [1.29, 1.82) is 0 Å². The first-order chi connectivity index (χ1) is 4.79. The van der Waals surface area contributed by atoms with Crippen LogP contribution in [0.25, 0.3) is 6.20 Å². The van der Waals surface area contributed by atoms with E-state index in [1.54, 1.807) is 18.0 Å². The number of nitrogens with two attached hydrogens (primary N) is 1. The average molecular weight is 154 g/mol. The van der Waals surface area contributed by atoms with Gasteiger partial charge in [0.2, 0.25) is 0 Å². The van der Waals surface area contributed by atoms with E-state index in [1.165, 1.54) is 0 Å². The molecule has 0 bridgehead atoms. The SMILES string of the molecule is C=Cn1c(N)ccc1SC. The molecule has 0 aromatic carbocycles. The first kappa shape index (κ1) is 7.28. The Balaban J connectivity index is 3.12. The summed E-state index contributed by atoms with van der Waals surface area (Å²) in [7, 11) is 0. The maximum absolute atomic E-state index is 5.61. The third-order valence-corrected chi connectivity index (χ3v) is 2.06. The van der Waals surface area contributed by atoms with Gasteiger partial charge >= 0.3 is 0 Å². The number of thioether (sulfide) groups is 1. The molecule has 0 radical (unpaired) electrons. The van der Waals surface area contributed by atoms with Crippen LogP contribution in [0.4, 0.5) is 5.82 Å². The van der Waals surface area contributed by atoms with Gasteiger partial charge in [0.25, 0.3) is 0 Å². The summed E-state index contributed by atoms with van der Waals surface area (Å²) in [6, 6.07) is 3.84. The molecular weight excluding hydrogens is 144 g/mol. The zero-order valence-corrected chi connectivity index (χ0v) is 6.69. The Bertz CT molecular complexity index is 240. The third-order valence-electron chi connectivity index (χ3n) is 1.30. The Morgan fingerprint density at radius 2 is 2.40 bits per heavy atom. The fourth-order valence-electron chi connectivity index (χ4n) is 0.806. The van der Waals surface area contributed by atoms with Crippen molar-refractivity contribution in [3.05, 3.63) is 18.7 Å². The molecule has 0 unspecified atom stereocenters. The van der Waals surface area contributed by atoms with Gasteiger partial charge in [-0.25, -0.2) is 0 Å². The van der Waals surface area contributed by atoms with Gasteiger partial charge in [-0.15, -0.1) is 11.8 Å². The molecule has 54 valence electrons. The Labute approximate surface area is 64.7 Å². The lowest BCUT2D eigenvalue weighted by atomic mass is 10.6. The van der Waals surface area contributed by atoms with E-state index in [4.69, 9.17) is 5.73 Å². The molecular formula is C7H10N2S. The van der Waals surface area contributed by atoms with Gasteiger partial charge in [0, 0.05) is 6.20 Å². The standard InChI is InChI=1S/C7H10N2S/c1-3-9-6(8)4-5-7(9)10-2/h3-5H,1,8H2,2H3. The number of hydrogen-bond donors (Lipinski definition) is 1. The van der Waals surface area contributed by atoms with Crippen LogP contribution in [0, 0.1) is 0 Å². The molecule has 1 rings (SSSR count). The molecule has 0 aliphatic carbocycles. The van der Waals surface area contributed by atoms with Gasteiger partial charge in [-0.3, -0.25) is 4.57 Å². The molecule has 0 aliphatic rings. The van der Waals surface area contributed by atoms with E-state index in [0.29, 0.717) is 0 Å². The quantitative estimate of drug-likeness (QED) is 0.659. The van der Waals surface area contributed by atoms with Crippen LogP contribution in [0.3, 0.4) is 0 Å². The van der Waals surface area contributed by atoms with E-state index >= 15 is 0 Å². The molecule has 0 fully saturated rings. The monoisotopic (exact) mass is 154 g/mol. The van der Waals surface area contributed by atoms with Crippen molar-refractivity contribution in [2.24, 2.45) is 0 Å². The molecule has 0 aliphatic heterocycles. The fourth-order valence-corrected chi connectivity index (χ4v) is 1.39. The molecule has 3 heteroatoms. The highest BCUT2D eigenvalue weighted by molar-refractivity contribution is 7.98. The van der Waals surface area contributed by atoms with Gasteiger partial charge in [-0.05, 0) is 18.4 Å². The zero-order chi connectivity index (χ0) is 7.56. The first-order valence-electron chi connectivity index (χ1n) is 2.93. The van der Waals surface area contributed by atoms with Crippen LogP contribution in [-0.4, -0.2) is 10.8 Å². The Hall–Kier alpha value is -0.830. The van der Waals surface area contributed by atoms with Crippen LogP contribution in [0.1, 0.15) is 0 Å². The minimum Gasteiger partial charge on any atom is -0.385 e. The van der Waals surface area contributed by atoms with Gasteiger partial charge < -0.3 is 5.73 Å². The lowest BCUT2D eigenvalue weighted by Crippen LogP contribution is -1.94. The molecule has 2 N–H and O–H groups in total. The van der Waals surface area contributed by atoms with Crippen molar-refractivity contribution < 1.29 is 0 Å².